The summed E-state index contributed by atoms with van der Waals surface area (Å²) in [6.07, 6.45) is 0.580. The molecule has 0 radical (unpaired) electrons. The lowest BCUT2D eigenvalue weighted by Gasteiger charge is -2.15. The zero-order chi connectivity index (χ0) is 13.3. The number of carboxylic acid groups (broad SMARTS) is 1. The summed E-state index contributed by atoms with van der Waals surface area (Å²) in [4.78, 5) is 38.5. The fourth-order valence-corrected chi connectivity index (χ4v) is 2.72. The monoisotopic (exact) mass is 268 g/mol. The van der Waals surface area contributed by atoms with E-state index in [1.807, 2.05) is 0 Å². The van der Waals surface area contributed by atoms with Crippen molar-refractivity contribution in [3.05, 3.63) is 10.6 Å². The Morgan fingerprint density at radius 3 is 2.83 bits per heavy atom. The van der Waals surface area contributed by atoms with E-state index < -0.39 is 11.9 Å². The number of ketones is 1. The second-order valence-electron chi connectivity index (χ2n) is 4.06. The van der Waals surface area contributed by atoms with Gasteiger partial charge < -0.3 is 10.4 Å². The Morgan fingerprint density at radius 2 is 2.22 bits per heavy atom. The number of nitrogens with one attached hydrogen (secondary N) is 1. The first-order valence-corrected chi connectivity index (χ1v) is 6.38. The first-order valence-electron chi connectivity index (χ1n) is 5.56. The Kier molecular flexibility index (Phi) is 3.42. The van der Waals surface area contributed by atoms with Gasteiger partial charge in [-0.25, -0.2) is 4.98 Å². The summed E-state index contributed by atoms with van der Waals surface area (Å²) in [6.45, 7) is 1.72. The number of aromatic nitrogens is 1. The van der Waals surface area contributed by atoms with E-state index in [9.17, 15) is 14.4 Å². The fourth-order valence-electron chi connectivity index (χ4n) is 1.77. The average Bonchev–Trinajstić information content (AvgIpc) is 2.71. The van der Waals surface area contributed by atoms with Crippen molar-refractivity contribution >= 4 is 34.1 Å². The molecule has 1 aromatic heterocycles. The van der Waals surface area contributed by atoms with Crippen LogP contribution < -0.4 is 5.32 Å². The molecule has 1 amide bonds. The number of carbonyl (C=O) groups excluding carboxylic acids is 2. The van der Waals surface area contributed by atoms with E-state index in [0.717, 1.165) is 11.3 Å². The molecule has 18 heavy (non-hydrogen) atoms. The number of carbonyl (C=O) groups is 3. The molecule has 0 fully saturated rings. The Balaban J connectivity index is 2.23. The van der Waals surface area contributed by atoms with E-state index in [-0.39, 0.29) is 24.5 Å². The van der Waals surface area contributed by atoms with E-state index >= 15 is 0 Å². The minimum absolute atomic E-state index is 0.00565. The molecular formula is C11H12N2O4S. The Morgan fingerprint density at radius 1 is 1.50 bits per heavy atom. The molecule has 1 aliphatic rings. The minimum atomic E-state index is -0.985. The van der Waals surface area contributed by atoms with Gasteiger partial charge in [-0.05, 0) is 0 Å². The number of carboxylic acids is 1. The molecule has 2 rings (SSSR count). The average molecular weight is 268 g/mol. The molecule has 0 aliphatic heterocycles. The minimum Gasteiger partial charge on any atom is -0.481 e. The smallest absolute Gasteiger partial charge is 0.307 e. The van der Waals surface area contributed by atoms with Gasteiger partial charge in [0.1, 0.15) is 0 Å². The molecular weight excluding hydrogens is 256 g/mol. The zero-order valence-corrected chi connectivity index (χ0v) is 10.5. The van der Waals surface area contributed by atoms with Gasteiger partial charge in [-0.2, -0.15) is 0 Å². The van der Waals surface area contributed by atoms with Gasteiger partial charge in [0.15, 0.2) is 10.9 Å². The number of Topliss-reactive ketones (excluding diaryl/α,β-unsaturated/α-hetero) is 1. The van der Waals surface area contributed by atoms with Crippen LogP contribution in [0.5, 0.6) is 0 Å². The van der Waals surface area contributed by atoms with Crippen molar-refractivity contribution in [3.63, 3.8) is 0 Å². The van der Waals surface area contributed by atoms with Crippen LogP contribution in [-0.4, -0.2) is 27.8 Å². The van der Waals surface area contributed by atoms with Gasteiger partial charge in [0, 0.05) is 19.3 Å². The number of hydrogen-bond donors (Lipinski definition) is 2. The standard InChI is InChI=1S/C11H12N2O4S/c1-2-8(15)13-11-12-6-3-5(10(16)17)4-7(14)9(6)18-11/h5H,2-4H2,1H3,(H,16,17)(H,12,13,15)/t5-/m0/s1. The predicted octanol–water partition coefficient (Wildman–Crippen LogP) is 1.32. The number of thiazole rings is 1. The van der Waals surface area contributed by atoms with Crippen LogP contribution in [0.4, 0.5) is 5.13 Å². The molecule has 0 saturated carbocycles. The van der Waals surface area contributed by atoms with Crippen molar-refractivity contribution in [1.29, 1.82) is 0 Å². The van der Waals surface area contributed by atoms with Gasteiger partial charge in [-0.15, -0.1) is 0 Å². The highest BCUT2D eigenvalue weighted by Crippen LogP contribution is 2.32. The van der Waals surface area contributed by atoms with Crippen molar-refractivity contribution in [2.45, 2.75) is 26.2 Å². The number of fused-ring (bicyclic) bond motifs is 1. The number of nitrogens with zero attached hydrogens (tertiary/aromatic N) is 1. The lowest BCUT2D eigenvalue weighted by molar-refractivity contribution is -0.141. The maximum absolute atomic E-state index is 11.8. The highest BCUT2D eigenvalue weighted by atomic mass is 32.1. The van der Waals surface area contributed by atoms with Crippen molar-refractivity contribution < 1.29 is 19.5 Å². The van der Waals surface area contributed by atoms with Crippen LogP contribution in [0.2, 0.25) is 0 Å². The van der Waals surface area contributed by atoms with Gasteiger partial charge in [0.25, 0.3) is 0 Å². The number of anilines is 1. The highest BCUT2D eigenvalue weighted by molar-refractivity contribution is 7.17. The van der Waals surface area contributed by atoms with Crippen molar-refractivity contribution in [1.82, 2.24) is 4.98 Å². The van der Waals surface area contributed by atoms with Crippen LogP contribution in [0.15, 0.2) is 0 Å². The summed E-state index contributed by atoms with van der Waals surface area (Å²) >= 11 is 1.12. The molecule has 0 aromatic carbocycles. The SMILES string of the molecule is CCC(=O)Nc1nc2c(s1)C(=O)C[C@@H](C(=O)O)C2. The Hall–Kier alpha value is -1.76. The second kappa shape index (κ2) is 4.85. The Labute approximate surface area is 107 Å². The Bertz CT molecular complexity index is 523. The molecule has 2 N–H and O–H groups in total. The first-order chi connectivity index (χ1) is 8.51. The van der Waals surface area contributed by atoms with E-state index in [4.69, 9.17) is 5.11 Å². The van der Waals surface area contributed by atoms with Crippen molar-refractivity contribution in [2.24, 2.45) is 5.92 Å². The van der Waals surface area contributed by atoms with Gasteiger partial charge >= 0.3 is 5.97 Å². The molecule has 1 atom stereocenters. The highest BCUT2D eigenvalue weighted by Gasteiger charge is 2.32. The third kappa shape index (κ3) is 2.40. The molecule has 1 aliphatic carbocycles. The molecule has 0 bridgehead atoms. The summed E-state index contributed by atoms with van der Waals surface area (Å²) in [5.41, 5.74) is 0.482. The molecule has 1 heterocycles. The van der Waals surface area contributed by atoms with Crippen LogP contribution in [0.3, 0.4) is 0 Å². The quantitative estimate of drug-likeness (QED) is 0.861. The van der Waals surface area contributed by atoms with Crippen LogP contribution in [0, 0.1) is 5.92 Å². The molecule has 7 heteroatoms. The first kappa shape index (κ1) is 12.7. The van der Waals surface area contributed by atoms with Crippen LogP contribution in [0.1, 0.15) is 35.1 Å². The van der Waals surface area contributed by atoms with Crippen LogP contribution in [0.25, 0.3) is 0 Å². The predicted molar refractivity (Wildman–Crippen MR) is 64.8 cm³/mol. The summed E-state index contributed by atoms with van der Waals surface area (Å²) in [5, 5.41) is 11.9. The number of hydrogen-bond acceptors (Lipinski definition) is 5. The summed E-state index contributed by atoms with van der Waals surface area (Å²) in [7, 11) is 0. The maximum atomic E-state index is 11.8. The second-order valence-corrected chi connectivity index (χ2v) is 5.06. The molecule has 0 saturated heterocycles. The summed E-state index contributed by atoms with van der Waals surface area (Å²) in [5.74, 6) is -2.08. The van der Waals surface area contributed by atoms with Crippen LogP contribution in [-0.2, 0) is 16.0 Å². The number of amides is 1. The molecule has 96 valence electrons. The summed E-state index contributed by atoms with van der Waals surface area (Å²) < 4.78 is 0. The van der Waals surface area contributed by atoms with Crippen molar-refractivity contribution in [2.75, 3.05) is 5.32 Å². The zero-order valence-electron chi connectivity index (χ0n) is 9.73. The van der Waals surface area contributed by atoms with Crippen molar-refractivity contribution in [3.8, 4) is 0 Å². The third-order valence-electron chi connectivity index (χ3n) is 2.74. The molecule has 0 spiro atoms. The lowest BCUT2D eigenvalue weighted by atomic mass is 9.90. The normalized spacial score (nSPS) is 18.3. The fraction of sp³-hybridized carbons (Fsp3) is 0.455. The van der Waals surface area contributed by atoms with Gasteiger partial charge in [-0.1, -0.05) is 18.3 Å². The third-order valence-corrected chi connectivity index (χ3v) is 3.79. The molecule has 1 aromatic rings. The van der Waals surface area contributed by atoms with Crippen LogP contribution >= 0.6 is 11.3 Å². The topological polar surface area (TPSA) is 96.4 Å². The lowest BCUT2D eigenvalue weighted by Crippen LogP contribution is -2.25. The maximum Gasteiger partial charge on any atom is 0.307 e. The number of rotatable bonds is 3. The molecule has 0 unspecified atom stereocenters. The number of aliphatic carboxylic acids is 1. The van der Waals surface area contributed by atoms with Gasteiger partial charge in [0.05, 0.1) is 16.5 Å². The van der Waals surface area contributed by atoms with Gasteiger partial charge in [0.2, 0.25) is 5.91 Å². The van der Waals surface area contributed by atoms with E-state index in [1.165, 1.54) is 0 Å². The van der Waals surface area contributed by atoms with E-state index in [1.54, 1.807) is 6.92 Å². The summed E-state index contributed by atoms with van der Waals surface area (Å²) in [6, 6.07) is 0. The molecule has 6 nitrogen and oxygen atoms in total. The van der Waals surface area contributed by atoms with Gasteiger partial charge in [-0.3, -0.25) is 14.4 Å². The van der Waals surface area contributed by atoms with E-state index in [0.29, 0.717) is 22.1 Å². The van der Waals surface area contributed by atoms with E-state index in [2.05, 4.69) is 10.3 Å². The largest absolute Gasteiger partial charge is 0.481 e.